The van der Waals surface area contributed by atoms with Crippen molar-refractivity contribution in [1.82, 2.24) is 0 Å². The Morgan fingerprint density at radius 3 is 1.95 bits per heavy atom. The van der Waals surface area contributed by atoms with Crippen LogP contribution in [-0.4, -0.2) is 6.71 Å². The number of hydrogen-bond acceptors (Lipinski definition) is 3. The zero-order valence-electron chi connectivity index (χ0n) is 32.9. The molecule has 9 aromatic rings. The fraction of sp³-hybridized carbons (Fsp3) is 0.0545. The molecule has 0 saturated carbocycles. The van der Waals surface area contributed by atoms with Crippen molar-refractivity contribution in [2.24, 2.45) is 0 Å². The van der Waals surface area contributed by atoms with E-state index in [2.05, 4.69) is 224 Å². The summed E-state index contributed by atoms with van der Waals surface area (Å²) in [5.74, 6) is 1.85. The summed E-state index contributed by atoms with van der Waals surface area (Å²) >= 11 is 0. The summed E-state index contributed by atoms with van der Waals surface area (Å²) in [6.45, 7) is 4.84. The van der Waals surface area contributed by atoms with Gasteiger partial charge in [0.05, 0.1) is 5.69 Å². The largest absolute Gasteiger partial charge is 0.458 e. The Morgan fingerprint density at radius 1 is 0.492 bits per heavy atom. The Kier molecular flexibility index (Phi) is 7.37. The van der Waals surface area contributed by atoms with Crippen LogP contribution in [0.1, 0.15) is 25.0 Å². The van der Waals surface area contributed by atoms with Crippen LogP contribution in [0.25, 0.3) is 33.0 Å². The molecule has 4 heteroatoms. The molecule has 0 radical (unpaired) electrons. The van der Waals surface area contributed by atoms with Gasteiger partial charge in [0, 0.05) is 39.2 Å². The highest BCUT2D eigenvalue weighted by atomic mass is 16.5. The number of ether oxygens (including phenoxy) is 1. The average Bonchev–Trinajstić information content (AvgIpc) is 3.51. The normalized spacial score (nSPS) is 13.8. The maximum absolute atomic E-state index is 7.03. The third-order valence-corrected chi connectivity index (χ3v) is 12.9. The molecule has 0 fully saturated rings. The lowest BCUT2D eigenvalue weighted by molar-refractivity contribution is 0.487. The molecule has 0 bridgehead atoms. The highest BCUT2D eigenvalue weighted by Crippen LogP contribution is 2.56. The molecule has 12 rings (SSSR count). The Bertz CT molecular complexity index is 3120. The van der Waals surface area contributed by atoms with Crippen molar-refractivity contribution in [3.8, 4) is 33.8 Å². The second-order valence-corrected chi connectivity index (χ2v) is 16.5. The standard InChI is InChI=1S/C55H39BN2O/c1-55(2)44-34-47-52(59-51-31-17-30-49-54(51)56(47)46-28-14-15-29-48(46)58(49)39-23-10-5-11-24-39)33-43(44)53-42-27-13-12-26-41(42)50(35-45(53)55)57(38-21-8-4-9-22-38)40-25-16-20-37(32-40)36-18-6-3-7-19-36/h3-35H,1-2H3. The summed E-state index contributed by atoms with van der Waals surface area (Å²) in [6.07, 6.45) is 0. The van der Waals surface area contributed by atoms with E-state index in [9.17, 15) is 0 Å². The maximum Gasteiger partial charge on any atom is 0.256 e. The fourth-order valence-electron chi connectivity index (χ4n) is 10.2. The Hall–Kier alpha value is -7.30. The lowest BCUT2D eigenvalue weighted by Crippen LogP contribution is -2.59. The SMILES string of the molecule is CC1(C)c2cc3c(cc2-c2c1cc(N(c1ccccc1)c1cccc(-c4ccccc4)c1)c1ccccc21)Oc1cccc2c1B3c1ccccc1N2c1ccccc1. The van der Waals surface area contributed by atoms with E-state index in [4.69, 9.17) is 4.74 Å². The summed E-state index contributed by atoms with van der Waals surface area (Å²) in [7, 11) is 0. The van der Waals surface area contributed by atoms with Gasteiger partial charge in [0.25, 0.3) is 6.71 Å². The number of hydrogen-bond donors (Lipinski definition) is 0. The minimum Gasteiger partial charge on any atom is -0.458 e. The molecule has 0 aromatic heterocycles. The Morgan fingerprint density at radius 2 is 1.14 bits per heavy atom. The molecule has 0 amide bonds. The second kappa shape index (κ2) is 12.9. The van der Waals surface area contributed by atoms with E-state index < -0.39 is 0 Å². The zero-order valence-corrected chi connectivity index (χ0v) is 32.9. The van der Waals surface area contributed by atoms with Crippen molar-refractivity contribution >= 4 is 68.0 Å². The van der Waals surface area contributed by atoms with Crippen LogP contribution < -0.4 is 30.9 Å². The number of benzene rings is 9. The molecule has 0 atom stereocenters. The summed E-state index contributed by atoms with van der Waals surface area (Å²) in [5, 5.41) is 2.45. The van der Waals surface area contributed by atoms with Gasteiger partial charge in [-0.3, -0.25) is 0 Å². The van der Waals surface area contributed by atoms with Crippen LogP contribution in [-0.2, 0) is 5.41 Å². The molecule has 2 aliphatic heterocycles. The zero-order chi connectivity index (χ0) is 39.2. The molecule has 0 unspecified atom stereocenters. The predicted molar refractivity (Wildman–Crippen MR) is 247 cm³/mol. The van der Waals surface area contributed by atoms with Gasteiger partial charge in [0.2, 0.25) is 0 Å². The summed E-state index contributed by atoms with van der Waals surface area (Å²) in [4.78, 5) is 4.84. The first-order valence-corrected chi connectivity index (χ1v) is 20.6. The molecule has 3 aliphatic rings. The summed E-state index contributed by atoms with van der Waals surface area (Å²) in [5.41, 5.74) is 17.9. The first kappa shape index (κ1) is 33.8. The van der Waals surface area contributed by atoms with Gasteiger partial charge in [-0.2, -0.15) is 0 Å². The third kappa shape index (κ3) is 5.03. The predicted octanol–water partition coefficient (Wildman–Crippen LogP) is 12.7. The third-order valence-electron chi connectivity index (χ3n) is 12.9. The van der Waals surface area contributed by atoms with Crippen molar-refractivity contribution in [1.29, 1.82) is 0 Å². The van der Waals surface area contributed by atoms with E-state index in [-0.39, 0.29) is 12.1 Å². The van der Waals surface area contributed by atoms with E-state index in [1.165, 1.54) is 71.9 Å². The molecule has 0 N–H and O–H groups in total. The molecule has 3 nitrogen and oxygen atoms in total. The second-order valence-electron chi connectivity index (χ2n) is 16.5. The van der Waals surface area contributed by atoms with Crippen LogP contribution in [0.15, 0.2) is 200 Å². The number of fused-ring (bicyclic) bond motifs is 9. The molecule has 2 heterocycles. The van der Waals surface area contributed by atoms with E-state index >= 15 is 0 Å². The highest BCUT2D eigenvalue weighted by Gasteiger charge is 2.45. The summed E-state index contributed by atoms with van der Waals surface area (Å²) < 4.78 is 7.03. The van der Waals surface area contributed by atoms with Gasteiger partial charge in [-0.05, 0) is 122 Å². The number of nitrogens with zero attached hydrogens (tertiary/aromatic N) is 2. The monoisotopic (exact) mass is 754 g/mol. The first-order chi connectivity index (χ1) is 29.0. The van der Waals surface area contributed by atoms with E-state index in [0.717, 1.165) is 34.2 Å². The fourth-order valence-corrected chi connectivity index (χ4v) is 10.2. The van der Waals surface area contributed by atoms with Gasteiger partial charge < -0.3 is 14.5 Å². The van der Waals surface area contributed by atoms with Gasteiger partial charge in [-0.15, -0.1) is 0 Å². The molecule has 278 valence electrons. The maximum atomic E-state index is 7.03. The average molecular weight is 755 g/mol. The van der Waals surface area contributed by atoms with Crippen molar-refractivity contribution in [3.05, 3.63) is 211 Å². The molecular formula is C55H39BN2O. The van der Waals surface area contributed by atoms with Gasteiger partial charge in [-0.1, -0.05) is 147 Å². The van der Waals surface area contributed by atoms with Gasteiger partial charge in [0.15, 0.2) is 0 Å². The van der Waals surface area contributed by atoms with Crippen LogP contribution in [0.4, 0.5) is 34.1 Å². The molecule has 0 spiro atoms. The van der Waals surface area contributed by atoms with Crippen LogP contribution >= 0.6 is 0 Å². The molecular weight excluding hydrogens is 715 g/mol. The number of para-hydroxylation sites is 3. The smallest absolute Gasteiger partial charge is 0.256 e. The van der Waals surface area contributed by atoms with E-state index in [1.54, 1.807) is 0 Å². The Balaban J connectivity index is 1.06. The van der Waals surface area contributed by atoms with Crippen LogP contribution in [0.2, 0.25) is 0 Å². The lowest BCUT2D eigenvalue weighted by Gasteiger charge is -2.40. The topological polar surface area (TPSA) is 15.7 Å². The van der Waals surface area contributed by atoms with Crippen molar-refractivity contribution in [2.45, 2.75) is 19.3 Å². The van der Waals surface area contributed by atoms with Crippen molar-refractivity contribution < 1.29 is 4.74 Å². The van der Waals surface area contributed by atoms with E-state index in [0.29, 0.717) is 0 Å². The van der Waals surface area contributed by atoms with Crippen LogP contribution in [0, 0.1) is 0 Å². The van der Waals surface area contributed by atoms with Crippen LogP contribution in [0.5, 0.6) is 11.5 Å². The first-order valence-electron chi connectivity index (χ1n) is 20.6. The highest BCUT2D eigenvalue weighted by molar-refractivity contribution is 6.99. The molecule has 59 heavy (non-hydrogen) atoms. The molecule has 0 saturated heterocycles. The van der Waals surface area contributed by atoms with Gasteiger partial charge in [0.1, 0.15) is 11.5 Å². The molecule has 9 aromatic carbocycles. The minimum absolute atomic E-state index is 0.0312. The summed E-state index contributed by atoms with van der Waals surface area (Å²) in [6, 6.07) is 72.8. The number of anilines is 6. The van der Waals surface area contributed by atoms with E-state index in [1.807, 2.05) is 0 Å². The quantitative estimate of drug-likeness (QED) is 0.163. The van der Waals surface area contributed by atoms with Gasteiger partial charge >= 0.3 is 0 Å². The lowest BCUT2D eigenvalue weighted by atomic mass is 9.34. The van der Waals surface area contributed by atoms with Crippen molar-refractivity contribution in [2.75, 3.05) is 9.80 Å². The Labute approximate surface area is 345 Å². The number of rotatable bonds is 5. The van der Waals surface area contributed by atoms with Gasteiger partial charge in [-0.25, -0.2) is 0 Å². The molecule has 1 aliphatic carbocycles. The minimum atomic E-state index is -0.295. The van der Waals surface area contributed by atoms with Crippen molar-refractivity contribution in [3.63, 3.8) is 0 Å². The van der Waals surface area contributed by atoms with Crippen LogP contribution in [0.3, 0.4) is 0 Å².